The Balaban J connectivity index is 1.58. The minimum atomic E-state index is -3.58. The highest BCUT2D eigenvalue weighted by molar-refractivity contribution is 9.10. The van der Waals surface area contributed by atoms with Crippen molar-refractivity contribution in [3.05, 3.63) is 58.1 Å². The molecule has 0 spiro atoms. The van der Waals surface area contributed by atoms with Gasteiger partial charge >= 0.3 is 5.97 Å². The SMILES string of the molecule is COc1ccc(Br)cc1COC(=O)CCN=C1NS(=O)(=O)c2ccccc21. The number of aliphatic imine (C=N–C) groups is 1. The third-order valence-electron chi connectivity index (χ3n) is 3.88. The Labute approximate surface area is 165 Å². The van der Waals surface area contributed by atoms with E-state index in [1.807, 2.05) is 12.1 Å². The first kappa shape index (κ1) is 19.4. The Morgan fingerprint density at radius 2 is 2.00 bits per heavy atom. The van der Waals surface area contributed by atoms with E-state index in [4.69, 9.17) is 9.47 Å². The lowest BCUT2D eigenvalue weighted by Crippen LogP contribution is -2.22. The van der Waals surface area contributed by atoms with E-state index in [0.717, 1.165) is 10.0 Å². The summed E-state index contributed by atoms with van der Waals surface area (Å²) in [5, 5.41) is 0. The molecule has 0 aromatic heterocycles. The van der Waals surface area contributed by atoms with Gasteiger partial charge in [0.25, 0.3) is 10.0 Å². The van der Waals surface area contributed by atoms with Crippen molar-refractivity contribution in [2.24, 2.45) is 4.99 Å². The summed E-state index contributed by atoms with van der Waals surface area (Å²) in [4.78, 5) is 16.3. The number of sulfonamides is 1. The number of ether oxygens (including phenoxy) is 2. The van der Waals surface area contributed by atoms with E-state index >= 15 is 0 Å². The number of benzene rings is 2. The summed E-state index contributed by atoms with van der Waals surface area (Å²) < 4.78 is 37.8. The Kier molecular flexibility index (Phi) is 5.81. The molecule has 7 nitrogen and oxygen atoms in total. The topological polar surface area (TPSA) is 94.1 Å². The molecule has 2 aromatic rings. The van der Waals surface area contributed by atoms with Crippen molar-refractivity contribution in [1.82, 2.24) is 4.72 Å². The molecule has 1 aliphatic rings. The van der Waals surface area contributed by atoms with Gasteiger partial charge in [-0.1, -0.05) is 28.1 Å². The summed E-state index contributed by atoms with van der Waals surface area (Å²) in [5.74, 6) is 0.436. The number of amidine groups is 1. The molecule has 142 valence electrons. The molecule has 1 aliphatic heterocycles. The summed E-state index contributed by atoms with van der Waals surface area (Å²) in [6, 6.07) is 12.0. The summed E-state index contributed by atoms with van der Waals surface area (Å²) in [6.07, 6.45) is 0.0315. The summed E-state index contributed by atoms with van der Waals surface area (Å²) in [6.45, 7) is 0.189. The first-order valence-corrected chi connectivity index (χ1v) is 10.3. The fraction of sp³-hybridized carbons (Fsp3) is 0.222. The Morgan fingerprint density at radius 3 is 2.78 bits per heavy atom. The molecule has 0 fully saturated rings. The number of halogens is 1. The number of fused-ring (bicyclic) bond motifs is 1. The number of nitrogens with zero attached hydrogens (tertiary/aromatic N) is 1. The third kappa shape index (κ3) is 4.48. The van der Waals surface area contributed by atoms with E-state index in [-0.39, 0.29) is 30.3 Å². The zero-order chi connectivity index (χ0) is 19.4. The van der Waals surface area contributed by atoms with Gasteiger partial charge in [-0.15, -0.1) is 0 Å². The van der Waals surface area contributed by atoms with Crippen molar-refractivity contribution in [2.75, 3.05) is 13.7 Å². The lowest BCUT2D eigenvalue weighted by molar-refractivity contribution is -0.144. The van der Waals surface area contributed by atoms with Gasteiger partial charge in [-0.3, -0.25) is 14.5 Å². The summed E-state index contributed by atoms with van der Waals surface area (Å²) in [7, 11) is -2.03. The van der Waals surface area contributed by atoms with Crippen molar-refractivity contribution >= 4 is 37.8 Å². The zero-order valence-corrected chi connectivity index (χ0v) is 16.8. The highest BCUT2D eigenvalue weighted by Crippen LogP contribution is 2.24. The van der Waals surface area contributed by atoms with Gasteiger partial charge in [0.2, 0.25) is 0 Å². The predicted molar refractivity (Wildman–Crippen MR) is 103 cm³/mol. The highest BCUT2D eigenvalue weighted by Gasteiger charge is 2.29. The van der Waals surface area contributed by atoms with Crippen LogP contribution in [-0.2, 0) is 26.2 Å². The standard InChI is InChI=1S/C18H17BrN2O5S/c1-25-15-7-6-13(19)10-12(15)11-26-17(22)8-9-20-18-14-4-2-3-5-16(14)27(23,24)21-18/h2-7,10H,8-9,11H2,1H3,(H,20,21). The smallest absolute Gasteiger partial charge is 0.308 e. The van der Waals surface area contributed by atoms with Crippen molar-refractivity contribution < 1.29 is 22.7 Å². The molecule has 0 unspecified atom stereocenters. The van der Waals surface area contributed by atoms with Crippen LogP contribution in [0.25, 0.3) is 0 Å². The van der Waals surface area contributed by atoms with E-state index in [9.17, 15) is 13.2 Å². The molecule has 27 heavy (non-hydrogen) atoms. The maximum Gasteiger partial charge on any atom is 0.308 e. The molecule has 9 heteroatoms. The third-order valence-corrected chi connectivity index (χ3v) is 5.77. The second-order valence-corrected chi connectivity index (χ2v) is 8.27. The lowest BCUT2D eigenvalue weighted by atomic mass is 10.2. The van der Waals surface area contributed by atoms with Crippen LogP contribution < -0.4 is 9.46 Å². The van der Waals surface area contributed by atoms with Gasteiger partial charge < -0.3 is 9.47 Å². The van der Waals surface area contributed by atoms with Crippen LogP contribution in [0.2, 0.25) is 0 Å². The maximum atomic E-state index is 12.0. The quantitative estimate of drug-likeness (QED) is 0.679. The number of methoxy groups -OCH3 is 1. The van der Waals surface area contributed by atoms with E-state index in [2.05, 4.69) is 25.6 Å². The molecule has 1 heterocycles. The minimum Gasteiger partial charge on any atom is -0.496 e. The molecule has 0 radical (unpaired) electrons. The van der Waals surface area contributed by atoms with Gasteiger partial charge in [0, 0.05) is 15.6 Å². The second-order valence-electron chi connectivity index (χ2n) is 5.70. The summed E-state index contributed by atoms with van der Waals surface area (Å²) in [5.41, 5.74) is 1.24. The average Bonchev–Trinajstić information content (AvgIpc) is 2.91. The van der Waals surface area contributed by atoms with E-state index in [0.29, 0.717) is 11.3 Å². The van der Waals surface area contributed by atoms with Crippen LogP contribution in [0.1, 0.15) is 17.5 Å². The van der Waals surface area contributed by atoms with Crippen LogP contribution in [0.3, 0.4) is 0 Å². The fourth-order valence-corrected chi connectivity index (χ4v) is 4.26. The molecule has 1 N–H and O–H groups in total. The van der Waals surface area contributed by atoms with Crippen LogP contribution >= 0.6 is 15.9 Å². The van der Waals surface area contributed by atoms with Gasteiger partial charge in [0.1, 0.15) is 18.2 Å². The molecule has 0 atom stereocenters. The largest absolute Gasteiger partial charge is 0.496 e. The number of carbonyl (C=O) groups excluding carboxylic acids is 1. The number of hydrogen-bond donors (Lipinski definition) is 1. The monoisotopic (exact) mass is 452 g/mol. The lowest BCUT2D eigenvalue weighted by Gasteiger charge is -2.09. The molecule has 0 bridgehead atoms. The molecule has 2 aromatic carbocycles. The van der Waals surface area contributed by atoms with E-state index in [1.165, 1.54) is 6.07 Å². The van der Waals surface area contributed by atoms with E-state index in [1.54, 1.807) is 31.4 Å². The zero-order valence-electron chi connectivity index (χ0n) is 14.4. The molecule has 0 amide bonds. The normalized spacial score (nSPS) is 15.9. The molecule has 3 rings (SSSR count). The van der Waals surface area contributed by atoms with E-state index < -0.39 is 16.0 Å². The molecule has 0 saturated heterocycles. The highest BCUT2D eigenvalue weighted by atomic mass is 79.9. The van der Waals surface area contributed by atoms with Crippen molar-refractivity contribution in [3.8, 4) is 5.75 Å². The number of rotatable bonds is 6. The number of carbonyl (C=O) groups is 1. The van der Waals surface area contributed by atoms with Crippen LogP contribution in [0.15, 0.2) is 56.8 Å². The first-order chi connectivity index (χ1) is 12.9. The minimum absolute atomic E-state index is 0.0315. The summed E-state index contributed by atoms with van der Waals surface area (Å²) >= 11 is 3.36. The van der Waals surface area contributed by atoms with Crippen molar-refractivity contribution in [2.45, 2.75) is 17.9 Å². The Morgan fingerprint density at radius 1 is 1.22 bits per heavy atom. The number of nitrogens with one attached hydrogen (secondary N) is 1. The molecule has 0 saturated carbocycles. The number of esters is 1. The van der Waals surface area contributed by atoms with Crippen molar-refractivity contribution in [3.63, 3.8) is 0 Å². The Bertz CT molecular complexity index is 1000. The Hall–Kier alpha value is -2.39. The second kappa shape index (κ2) is 8.10. The van der Waals surface area contributed by atoms with Crippen LogP contribution in [0.4, 0.5) is 0 Å². The van der Waals surface area contributed by atoms with Crippen LogP contribution in [0.5, 0.6) is 5.75 Å². The van der Waals surface area contributed by atoms with Gasteiger partial charge in [0.05, 0.1) is 25.0 Å². The van der Waals surface area contributed by atoms with Gasteiger partial charge in [-0.2, -0.15) is 0 Å². The van der Waals surface area contributed by atoms with Gasteiger partial charge in [-0.05, 0) is 30.3 Å². The first-order valence-electron chi connectivity index (χ1n) is 8.05. The van der Waals surface area contributed by atoms with Crippen LogP contribution in [0, 0.1) is 0 Å². The molecular formula is C18H17BrN2O5S. The molecule has 0 aliphatic carbocycles. The van der Waals surface area contributed by atoms with Crippen LogP contribution in [-0.4, -0.2) is 33.9 Å². The maximum absolute atomic E-state index is 12.0. The average molecular weight is 453 g/mol. The van der Waals surface area contributed by atoms with Gasteiger partial charge in [-0.25, -0.2) is 8.42 Å². The molecular weight excluding hydrogens is 436 g/mol. The fourth-order valence-electron chi connectivity index (χ4n) is 2.60. The number of hydrogen-bond acceptors (Lipinski definition) is 6. The predicted octanol–water partition coefficient (Wildman–Crippen LogP) is 2.63. The van der Waals surface area contributed by atoms with Gasteiger partial charge in [0.15, 0.2) is 0 Å². The van der Waals surface area contributed by atoms with Crippen molar-refractivity contribution in [1.29, 1.82) is 0 Å².